The van der Waals surface area contributed by atoms with Gasteiger partial charge in [-0.3, -0.25) is 0 Å². The summed E-state index contributed by atoms with van der Waals surface area (Å²) in [6.07, 6.45) is 9.11. The van der Waals surface area contributed by atoms with Crippen LogP contribution in [-0.2, 0) is 5.41 Å². The van der Waals surface area contributed by atoms with E-state index in [0.29, 0.717) is 0 Å². The molecular formula is C33H29N. The normalized spacial score (nSPS) is 15.4. The molecule has 166 valence electrons. The van der Waals surface area contributed by atoms with Gasteiger partial charge < -0.3 is 5.32 Å². The molecule has 0 spiro atoms. The Hall–Kier alpha value is -3.84. The molecular weight excluding hydrogens is 410 g/mol. The van der Waals surface area contributed by atoms with Crippen LogP contribution in [0.1, 0.15) is 43.4 Å². The second kappa shape index (κ2) is 8.18. The molecule has 0 aromatic heterocycles. The fourth-order valence-corrected chi connectivity index (χ4v) is 5.45. The lowest BCUT2D eigenvalue weighted by molar-refractivity contribution is 0.660. The molecule has 0 saturated carbocycles. The molecule has 0 saturated heterocycles. The second-order valence-electron chi connectivity index (χ2n) is 9.82. The Morgan fingerprint density at radius 3 is 2.26 bits per heavy atom. The lowest BCUT2D eigenvalue weighted by Gasteiger charge is -2.22. The summed E-state index contributed by atoms with van der Waals surface area (Å²) in [6.45, 7) is 4.66. The van der Waals surface area contributed by atoms with E-state index < -0.39 is 0 Å². The highest BCUT2D eigenvalue weighted by atomic mass is 14.9. The highest BCUT2D eigenvalue weighted by Gasteiger charge is 2.35. The van der Waals surface area contributed by atoms with Crippen LogP contribution in [0, 0.1) is 0 Å². The van der Waals surface area contributed by atoms with Crippen molar-refractivity contribution in [3.8, 4) is 22.3 Å². The van der Waals surface area contributed by atoms with Crippen molar-refractivity contribution in [1.29, 1.82) is 0 Å². The van der Waals surface area contributed by atoms with Crippen molar-refractivity contribution in [3.05, 3.63) is 126 Å². The average molecular weight is 440 g/mol. The summed E-state index contributed by atoms with van der Waals surface area (Å²) in [5, 5.41) is 3.76. The van der Waals surface area contributed by atoms with Crippen molar-refractivity contribution in [3.63, 3.8) is 0 Å². The van der Waals surface area contributed by atoms with E-state index in [2.05, 4.69) is 128 Å². The predicted octanol–water partition coefficient (Wildman–Crippen LogP) is 9.14. The molecule has 6 rings (SSSR count). The number of hydrogen-bond donors (Lipinski definition) is 1. The van der Waals surface area contributed by atoms with E-state index in [1.807, 2.05) is 0 Å². The van der Waals surface area contributed by atoms with Gasteiger partial charge in [0.1, 0.15) is 0 Å². The van der Waals surface area contributed by atoms with Gasteiger partial charge in [-0.2, -0.15) is 0 Å². The van der Waals surface area contributed by atoms with Crippen LogP contribution in [-0.4, -0.2) is 0 Å². The zero-order valence-electron chi connectivity index (χ0n) is 19.8. The number of allylic oxidation sites excluding steroid dienone is 4. The average Bonchev–Trinajstić information content (AvgIpc) is 3.12. The maximum Gasteiger partial charge on any atom is 0.0464 e. The highest BCUT2D eigenvalue weighted by molar-refractivity contribution is 5.88. The standard InChI is InChI=1S/C33H29N/c1-33(2)30-16-10-9-15-27(30)28-19-18-26(22-31(28)33)34-32-20-17-25(23-11-5-3-6-12-23)21-29(32)24-13-7-4-8-14-24/h4-5,7-22,34H,3,6H2,1-2H3. The Morgan fingerprint density at radius 2 is 1.44 bits per heavy atom. The monoisotopic (exact) mass is 439 g/mol. The number of rotatable bonds is 4. The number of hydrogen-bond acceptors (Lipinski definition) is 1. The van der Waals surface area contributed by atoms with Crippen molar-refractivity contribution in [2.45, 2.75) is 32.1 Å². The summed E-state index contributed by atoms with van der Waals surface area (Å²) < 4.78 is 0. The van der Waals surface area contributed by atoms with Gasteiger partial charge in [0.05, 0.1) is 0 Å². The smallest absolute Gasteiger partial charge is 0.0464 e. The molecule has 2 aliphatic carbocycles. The van der Waals surface area contributed by atoms with E-state index in [-0.39, 0.29) is 5.41 Å². The first kappa shape index (κ1) is 20.7. The van der Waals surface area contributed by atoms with Crippen molar-refractivity contribution in [2.75, 3.05) is 5.32 Å². The van der Waals surface area contributed by atoms with E-state index >= 15 is 0 Å². The van der Waals surface area contributed by atoms with Crippen LogP contribution in [0.4, 0.5) is 11.4 Å². The van der Waals surface area contributed by atoms with Crippen LogP contribution in [0.2, 0.25) is 0 Å². The van der Waals surface area contributed by atoms with Crippen molar-refractivity contribution in [2.24, 2.45) is 0 Å². The van der Waals surface area contributed by atoms with Crippen molar-refractivity contribution < 1.29 is 0 Å². The van der Waals surface area contributed by atoms with Gasteiger partial charge >= 0.3 is 0 Å². The fourth-order valence-electron chi connectivity index (χ4n) is 5.45. The molecule has 1 nitrogen and oxygen atoms in total. The molecule has 0 fully saturated rings. The Bertz CT molecular complexity index is 1440. The summed E-state index contributed by atoms with van der Waals surface area (Å²) in [5.41, 5.74) is 12.8. The predicted molar refractivity (Wildman–Crippen MR) is 146 cm³/mol. The lowest BCUT2D eigenvalue weighted by atomic mass is 9.82. The molecule has 34 heavy (non-hydrogen) atoms. The first-order valence-corrected chi connectivity index (χ1v) is 12.2. The van der Waals surface area contributed by atoms with E-state index in [9.17, 15) is 0 Å². The Labute approximate surface area is 202 Å². The summed E-state index contributed by atoms with van der Waals surface area (Å²) in [7, 11) is 0. The zero-order valence-corrected chi connectivity index (χ0v) is 19.8. The van der Waals surface area contributed by atoms with Gasteiger partial charge in [0.25, 0.3) is 0 Å². The first-order valence-electron chi connectivity index (χ1n) is 12.2. The molecule has 4 aromatic carbocycles. The first-order chi connectivity index (χ1) is 16.6. The van der Waals surface area contributed by atoms with E-state index in [1.54, 1.807) is 0 Å². The molecule has 1 N–H and O–H groups in total. The third-order valence-corrected chi connectivity index (χ3v) is 7.30. The molecule has 1 heteroatoms. The molecule has 0 amide bonds. The Balaban J connectivity index is 1.41. The molecule has 0 heterocycles. The minimum absolute atomic E-state index is 0.00444. The van der Waals surface area contributed by atoms with Gasteiger partial charge in [-0.25, -0.2) is 0 Å². The number of anilines is 2. The van der Waals surface area contributed by atoms with Gasteiger partial charge in [0.15, 0.2) is 0 Å². The van der Waals surface area contributed by atoms with Gasteiger partial charge in [-0.15, -0.1) is 0 Å². The van der Waals surface area contributed by atoms with E-state index in [1.165, 1.54) is 44.5 Å². The second-order valence-corrected chi connectivity index (χ2v) is 9.82. The third kappa shape index (κ3) is 3.49. The molecule has 0 aliphatic heterocycles. The minimum atomic E-state index is -0.00444. The number of fused-ring (bicyclic) bond motifs is 3. The third-order valence-electron chi connectivity index (χ3n) is 7.30. The Morgan fingerprint density at radius 1 is 0.647 bits per heavy atom. The molecule has 2 aliphatic rings. The van der Waals surface area contributed by atoms with Crippen LogP contribution in [0.5, 0.6) is 0 Å². The van der Waals surface area contributed by atoms with E-state index in [0.717, 1.165) is 24.2 Å². The van der Waals surface area contributed by atoms with Crippen LogP contribution >= 0.6 is 0 Å². The number of nitrogens with one attached hydrogen (secondary N) is 1. The molecule has 0 radical (unpaired) electrons. The topological polar surface area (TPSA) is 12.0 Å². The highest BCUT2D eigenvalue weighted by Crippen LogP contribution is 2.49. The largest absolute Gasteiger partial charge is 0.355 e. The number of benzene rings is 4. The summed E-state index contributed by atoms with van der Waals surface area (Å²) in [5.74, 6) is 0. The van der Waals surface area contributed by atoms with Gasteiger partial charge in [-0.05, 0) is 76.1 Å². The molecule has 4 aromatic rings. The summed E-state index contributed by atoms with van der Waals surface area (Å²) in [6, 6.07) is 33.1. The summed E-state index contributed by atoms with van der Waals surface area (Å²) in [4.78, 5) is 0. The zero-order chi connectivity index (χ0) is 23.1. The van der Waals surface area contributed by atoms with Crippen LogP contribution in [0.3, 0.4) is 0 Å². The van der Waals surface area contributed by atoms with Gasteiger partial charge in [-0.1, -0.05) is 98.8 Å². The quantitative estimate of drug-likeness (QED) is 0.334. The molecule has 0 unspecified atom stereocenters. The van der Waals surface area contributed by atoms with Gasteiger partial charge in [0.2, 0.25) is 0 Å². The van der Waals surface area contributed by atoms with Crippen LogP contribution < -0.4 is 5.32 Å². The summed E-state index contributed by atoms with van der Waals surface area (Å²) >= 11 is 0. The fraction of sp³-hybridized carbons (Fsp3) is 0.152. The van der Waals surface area contributed by atoms with Crippen molar-refractivity contribution in [1.82, 2.24) is 0 Å². The van der Waals surface area contributed by atoms with Gasteiger partial charge in [0, 0.05) is 22.4 Å². The maximum atomic E-state index is 3.76. The lowest BCUT2D eigenvalue weighted by Crippen LogP contribution is -2.15. The minimum Gasteiger partial charge on any atom is -0.355 e. The maximum absolute atomic E-state index is 3.76. The van der Waals surface area contributed by atoms with E-state index in [4.69, 9.17) is 0 Å². The van der Waals surface area contributed by atoms with Crippen LogP contribution in [0.25, 0.3) is 27.8 Å². The van der Waals surface area contributed by atoms with Crippen LogP contribution in [0.15, 0.2) is 109 Å². The Kier molecular flexibility index (Phi) is 4.99. The van der Waals surface area contributed by atoms with Crippen molar-refractivity contribution >= 4 is 16.9 Å². The SMILES string of the molecule is CC1(C)c2ccccc2-c2ccc(Nc3ccc(C4=CCCC=C4)cc3-c3ccccc3)cc21. The molecule has 0 atom stereocenters. The molecule has 0 bridgehead atoms.